The van der Waals surface area contributed by atoms with Crippen molar-refractivity contribution in [2.24, 2.45) is 5.10 Å². The van der Waals surface area contributed by atoms with Crippen molar-refractivity contribution in [1.82, 2.24) is 5.43 Å². The second-order valence-corrected chi connectivity index (χ2v) is 6.05. The number of nitrogens with one attached hydrogen (secondary N) is 2. The number of anilines is 1. The number of alkyl halides is 3. The van der Waals surface area contributed by atoms with Crippen LogP contribution in [0.5, 0.6) is 0 Å². The highest BCUT2D eigenvalue weighted by molar-refractivity contribution is 7.80. The van der Waals surface area contributed by atoms with Gasteiger partial charge in [-0.15, -0.1) is 0 Å². The SMILES string of the molecule is C[C@@H](/C=N\NC(=S)Nc1cc(C(F)(F)F)ccc1Cl)c1ccccc1. The number of hydrazone groups is 1. The minimum absolute atomic E-state index is 0.0396. The fourth-order valence-electron chi connectivity index (χ4n) is 2.00. The van der Waals surface area contributed by atoms with E-state index < -0.39 is 11.7 Å². The van der Waals surface area contributed by atoms with Gasteiger partial charge in [-0.1, -0.05) is 48.9 Å². The Morgan fingerprint density at radius 3 is 2.52 bits per heavy atom. The Kier molecular flexibility index (Phi) is 6.39. The fraction of sp³-hybridized carbons (Fsp3) is 0.176. The van der Waals surface area contributed by atoms with Gasteiger partial charge in [0.25, 0.3) is 0 Å². The highest BCUT2D eigenvalue weighted by Crippen LogP contribution is 2.33. The van der Waals surface area contributed by atoms with Crippen LogP contribution in [0.2, 0.25) is 5.02 Å². The lowest BCUT2D eigenvalue weighted by Gasteiger charge is -2.12. The monoisotopic (exact) mass is 385 g/mol. The van der Waals surface area contributed by atoms with Crippen LogP contribution in [-0.4, -0.2) is 11.3 Å². The molecule has 0 aliphatic heterocycles. The number of hydrogen-bond donors (Lipinski definition) is 2. The Bertz CT molecular complexity index is 763. The Morgan fingerprint density at radius 1 is 1.20 bits per heavy atom. The molecule has 0 bridgehead atoms. The molecule has 2 N–H and O–H groups in total. The molecule has 132 valence electrons. The summed E-state index contributed by atoms with van der Waals surface area (Å²) in [5.41, 5.74) is 2.88. The molecule has 2 aromatic carbocycles. The number of rotatable bonds is 4. The molecule has 0 aliphatic carbocycles. The molecule has 0 aromatic heterocycles. The Balaban J connectivity index is 1.97. The summed E-state index contributed by atoms with van der Waals surface area (Å²) < 4.78 is 38.2. The average Bonchev–Trinajstić information content (AvgIpc) is 2.56. The molecule has 0 amide bonds. The van der Waals surface area contributed by atoms with Crippen molar-refractivity contribution in [2.75, 3.05) is 5.32 Å². The third-order valence-electron chi connectivity index (χ3n) is 3.33. The second kappa shape index (κ2) is 8.31. The Morgan fingerprint density at radius 2 is 1.88 bits per heavy atom. The van der Waals surface area contributed by atoms with Gasteiger partial charge >= 0.3 is 6.18 Å². The summed E-state index contributed by atoms with van der Waals surface area (Å²) in [5, 5.41) is 6.77. The van der Waals surface area contributed by atoms with Crippen molar-refractivity contribution in [3.63, 3.8) is 0 Å². The molecule has 0 unspecified atom stereocenters. The van der Waals surface area contributed by atoms with Crippen LogP contribution in [0.4, 0.5) is 18.9 Å². The van der Waals surface area contributed by atoms with Gasteiger partial charge in [0, 0.05) is 12.1 Å². The van der Waals surface area contributed by atoms with E-state index in [0.29, 0.717) is 0 Å². The zero-order valence-electron chi connectivity index (χ0n) is 13.1. The first-order valence-electron chi connectivity index (χ1n) is 7.29. The summed E-state index contributed by atoms with van der Waals surface area (Å²) in [7, 11) is 0. The van der Waals surface area contributed by atoms with Crippen molar-refractivity contribution in [3.8, 4) is 0 Å². The van der Waals surface area contributed by atoms with Gasteiger partial charge in [0.2, 0.25) is 0 Å². The van der Waals surface area contributed by atoms with E-state index in [1.54, 1.807) is 6.21 Å². The largest absolute Gasteiger partial charge is 0.416 e. The lowest BCUT2D eigenvalue weighted by Crippen LogP contribution is -2.24. The molecule has 0 spiro atoms. The Labute approximate surface area is 153 Å². The van der Waals surface area contributed by atoms with Crippen molar-refractivity contribution in [3.05, 3.63) is 64.7 Å². The van der Waals surface area contributed by atoms with E-state index in [4.69, 9.17) is 23.8 Å². The maximum absolute atomic E-state index is 12.7. The van der Waals surface area contributed by atoms with E-state index in [1.165, 1.54) is 0 Å². The van der Waals surface area contributed by atoms with Gasteiger partial charge in [0.15, 0.2) is 5.11 Å². The first kappa shape index (κ1) is 19.2. The standard InChI is InChI=1S/C17H15ClF3N3S/c1-11(12-5-3-2-4-6-12)10-22-24-16(25)23-15-9-13(17(19,20)21)7-8-14(15)18/h2-11H,1H3,(H2,23,24,25)/b22-10-/t11-/m0/s1. The zero-order chi connectivity index (χ0) is 18.4. The highest BCUT2D eigenvalue weighted by atomic mass is 35.5. The van der Waals surface area contributed by atoms with E-state index in [2.05, 4.69) is 15.8 Å². The summed E-state index contributed by atoms with van der Waals surface area (Å²) >= 11 is 10.9. The predicted octanol–water partition coefficient (Wildman–Crippen LogP) is 5.43. The molecule has 0 radical (unpaired) electrons. The summed E-state index contributed by atoms with van der Waals surface area (Å²) in [6.45, 7) is 1.96. The number of thiocarbonyl (C=S) groups is 1. The van der Waals surface area contributed by atoms with Crippen LogP contribution in [0, 0.1) is 0 Å². The van der Waals surface area contributed by atoms with E-state index in [9.17, 15) is 13.2 Å². The predicted molar refractivity (Wildman–Crippen MR) is 99.2 cm³/mol. The third kappa shape index (κ3) is 5.72. The maximum atomic E-state index is 12.7. The molecule has 0 saturated heterocycles. The molecule has 3 nitrogen and oxygen atoms in total. The first-order chi connectivity index (χ1) is 11.8. The molecule has 25 heavy (non-hydrogen) atoms. The van der Waals surface area contributed by atoms with Gasteiger partial charge in [-0.25, -0.2) is 0 Å². The molecule has 8 heteroatoms. The number of nitrogens with zero attached hydrogens (tertiary/aromatic N) is 1. The molecule has 2 aromatic rings. The minimum atomic E-state index is -4.46. The van der Waals surface area contributed by atoms with Gasteiger partial charge in [0.1, 0.15) is 0 Å². The van der Waals surface area contributed by atoms with Crippen LogP contribution in [0.3, 0.4) is 0 Å². The quantitative estimate of drug-likeness (QED) is 0.418. The summed E-state index contributed by atoms with van der Waals surface area (Å²) in [6.07, 6.45) is -2.81. The van der Waals surface area contributed by atoms with Crippen LogP contribution in [0.15, 0.2) is 53.6 Å². The van der Waals surface area contributed by atoms with Crippen LogP contribution in [0.25, 0.3) is 0 Å². The van der Waals surface area contributed by atoms with Crippen molar-refractivity contribution in [1.29, 1.82) is 0 Å². The van der Waals surface area contributed by atoms with E-state index >= 15 is 0 Å². The molecule has 0 fully saturated rings. The highest BCUT2D eigenvalue weighted by Gasteiger charge is 2.31. The van der Waals surface area contributed by atoms with Crippen molar-refractivity contribution >= 4 is 40.8 Å². The van der Waals surface area contributed by atoms with Gasteiger partial charge in [-0.2, -0.15) is 18.3 Å². The smallest absolute Gasteiger partial charge is 0.330 e. The molecule has 0 saturated carbocycles. The normalized spacial score (nSPS) is 12.8. The third-order valence-corrected chi connectivity index (χ3v) is 3.85. The van der Waals surface area contributed by atoms with Gasteiger partial charge < -0.3 is 5.32 Å². The minimum Gasteiger partial charge on any atom is -0.330 e. The second-order valence-electron chi connectivity index (χ2n) is 5.24. The van der Waals surface area contributed by atoms with Crippen LogP contribution >= 0.6 is 23.8 Å². The van der Waals surface area contributed by atoms with Crippen LogP contribution in [-0.2, 0) is 6.18 Å². The van der Waals surface area contributed by atoms with Gasteiger partial charge in [-0.05, 0) is 36.0 Å². The van der Waals surface area contributed by atoms with Crippen molar-refractivity contribution in [2.45, 2.75) is 19.0 Å². The Hall–Kier alpha value is -2.12. The molecule has 2 rings (SSSR count). The summed E-state index contributed by atoms with van der Waals surface area (Å²) in [5.74, 6) is 0.0497. The topological polar surface area (TPSA) is 36.4 Å². The molecule has 1 atom stereocenters. The maximum Gasteiger partial charge on any atom is 0.416 e. The van der Waals surface area contributed by atoms with E-state index in [1.807, 2.05) is 37.3 Å². The fourth-order valence-corrected chi connectivity index (χ4v) is 2.33. The van der Waals surface area contributed by atoms with Crippen molar-refractivity contribution < 1.29 is 13.2 Å². The molecular weight excluding hydrogens is 371 g/mol. The first-order valence-corrected chi connectivity index (χ1v) is 8.08. The van der Waals surface area contributed by atoms with Gasteiger partial charge in [-0.3, -0.25) is 5.43 Å². The van der Waals surface area contributed by atoms with E-state index in [-0.39, 0.29) is 21.7 Å². The summed E-state index contributed by atoms with van der Waals surface area (Å²) in [4.78, 5) is 0. The van der Waals surface area contributed by atoms with Gasteiger partial charge in [0.05, 0.1) is 16.3 Å². The zero-order valence-corrected chi connectivity index (χ0v) is 14.7. The molecular formula is C17H15ClF3N3S. The average molecular weight is 386 g/mol. The van der Waals surface area contributed by atoms with Crippen LogP contribution < -0.4 is 10.7 Å². The number of halogens is 4. The molecule has 0 aliphatic rings. The van der Waals surface area contributed by atoms with E-state index in [0.717, 1.165) is 23.8 Å². The lowest BCUT2D eigenvalue weighted by atomic mass is 10.0. The number of benzene rings is 2. The number of hydrogen-bond acceptors (Lipinski definition) is 2. The van der Waals surface area contributed by atoms with Crippen LogP contribution in [0.1, 0.15) is 24.0 Å². The lowest BCUT2D eigenvalue weighted by molar-refractivity contribution is -0.137. The summed E-state index contributed by atoms with van der Waals surface area (Å²) in [6, 6.07) is 12.7. The molecule has 0 heterocycles.